The lowest BCUT2D eigenvalue weighted by molar-refractivity contribution is -0.138. The molecular weight excluding hydrogens is 287 g/mol. The minimum absolute atomic E-state index is 0.0844. The first-order valence-corrected chi connectivity index (χ1v) is 5.85. The lowest BCUT2D eigenvalue weighted by atomic mass is 10.1. The van der Waals surface area contributed by atoms with Crippen molar-refractivity contribution < 1.29 is 22.7 Å². The van der Waals surface area contributed by atoms with Crippen molar-refractivity contribution in [3.05, 3.63) is 41.3 Å². The minimum Gasteiger partial charge on any atom is -0.464 e. The number of halogens is 3. The highest BCUT2D eigenvalue weighted by atomic mass is 19.4. The summed E-state index contributed by atoms with van der Waals surface area (Å²) >= 11 is 0. The molecule has 2 N–H and O–H groups in total. The van der Waals surface area contributed by atoms with Gasteiger partial charge in [0.1, 0.15) is 12.1 Å². The number of rotatable bonds is 2. The Morgan fingerprint density at radius 3 is 2.62 bits per heavy atom. The van der Waals surface area contributed by atoms with Crippen molar-refractivity contribution in [3.8, 4) is 5.69 Å². The first-order chi connectivity index (χ1) is 9.75. The number of nitrogen functional groups attached to an aromatic ring is 1. The highest BCUT2D eigenvalue weighted by Crippen LogP contribution is 2.33. The zero-order chi connectivity index (χ0) is 15.8. The van der Waals surface area contributed by atoms with E-state index in [2.05, 4.69) is 9.72 Å². The third kappa shape index (κ3) is 2.69. The number of alkyl halides is 3. The van der Waals surface area contributed by atoms with Crippen LogP contribution < -0.4 is 5.73 Å². The molecule has 0 aliphatic heterocycles. The zero-order valence-electron chi connectivity index (χ0n) is 11.2. The highest BCUT2D eigenvalue weighted by Gasteiger charge is 2.32. The molecule has 0 saturated carbocycles. The van der Waals surface area contributed by atoms with Crippen LogP contribution in [0.4, 0.5) is 19.0 Å². The van der Waals surface area contributed by atoms with E-state index in [1.807, 2.05) is 0 Å². The maximum atomic E-state index is 12.9. The van der Waals surface area contributed by atoms with E-state index in [1.54, 1.807) is 0 Å². The maximum absolute atomic E-state index is 12.9. The number of imidazole rings is 1. The van der Waals surface area contributed by atoms with Crippen LogP contribution in [0.5, 0.6) is 0 Å². The van der Waals surface area contributed by atoms with E-state index in [-0.39, 0.29) is 22.8 Å². The summed E-state index contributed by atoms with van der Waals surface area (Å²) in [7, 11) is 1.16. The van der Waals surface area contributed by atoms with Crippen molar-refractivity contribution in [2.75, 3.05) is 12.8 Å². The molecule has 2 rings (SSSR count). The third-order valence-electron chi connectivity index (χ3n) is 2.99. The number of aromatic nitrogens is 2. The minimum atomic E-state index is -4.47. The van der Waals surface area contributed by atoms with Gasteiger partial charge in [0, 0.05) is 5.69 Å². The summed E-state index contributed by atoms with van der Waals surface area (Å²) < 4.78 is 44.4. The van der Waals surface area contributed by atoms with Crippen molar-refractivity contribution >= 4 is 11.8 Å². The molecular formula is C13H12F3N3O2. The Hall–Kier alpha value is -2.51. The molecule has 0 aliphatic rings. The summed E-state index contributed by atoms with van der Waals surface area (Å²) in [6.45, 7) is 1.36. The number of nitrogens with two attached hydrogens (primary N) is 1. The first-order valence-electron chi connectivity index (χ1n) is 5.85. The summed E-state index contributed by atoms with van der Waals surface area (Å²) in [6.07, 6.45) is -3.30. The van der Waals surface area contributed by atoms with Crippen molar-refractivity contribution in [3.63, 3.8) is 0 Å². The average Bonchev–Trinajstić information content (AvgIpc) is 2.79. The fraction of sp³-hybridized carbons (Fsp3) is 0.231. The SMILES string of the molecule is COC(=O)c1ncn(-c2ccc(C)c(C(F)(F)F)c2)c1N. The van der Waals surface area contributed by atoms with Gasteiger partial charge in [-0.1, -0.05) is 6.07 Å². The third-order valence-corrected chi connectivity index (χ3v) is 2.99. The van der Waals surface area contributed by atoms with Crippen LogP contribution in [0.25, 0.3) is 5.69 Å². The first kappa shape index (κ1) is 14.9. The number of hydrogen-bond donors (Lipinski definition) is 1. The number of aryl methyl sites for hydroxylation is 1. The predicted octanol–water partition coefficient (Wildman–Crippen LogP) is 2.57. The van der Waals surface area contributed by atoms with Gasteiger partial charge in [-0.15, -0.1) is 0 Å². The van der Waals surface area contributed by atoms with E-state index >= 15 is 0 Å². The number of benzene rings is 1. The number of methoxy groups -OCH3 is 1. The topological polar surface area (TPSA) is 70.1 Å². The standard InChI is InChI=1S/C13H12F3N3O2/c1-7-3-4-8(5-9(7)13(14,15)16)19-6-18-10(11(19)17)12(20)21-2/h3-6H,17H2,1-2H3. The number of esters is 1. The Morgan fingerprint density at radius 1 is 1.38 bits per heavy atom. The molecule has 8 heteroatoms. The fourth-order valence-corrected chi connectivity index (χ4v) is 1.88. The number of carbonyl (C=O) groups excluding carboxylic acids is 1. The van der Waals surface area contributed by atoms with Crippen LogP contribution in [0.2, 0.25) is 0 Å². The maximum Gasteiger partial charge on any atom is 0.416 e. The molecule has 112 valence electrons. The second-order valence-corrected chi connectivity index (χ2v) is 4.34. The summed E-state index contributed by atoms with van der Waals surface area (Å²) in [4.78, 5) is 15.2. The number of carbonyl (C=O) groups is 1. The van der Waals surface area contributed by atoms with Crippen LogP contribution in [-0.2, 0) is 10.9 Å². The van der Waals surface area contributed by atoms with Crippen LogP contribution in [0.1, 0.15) is 21.6 Å². The Balaban J connectivity index is 2.54. The van der Waals surface area contributed by atoms with Gasteiger partial charge < -0.3 is 10.5 Å². The molecule has 0 amide bonds. The summed E-state index contributed by atoms with van der Waals surface area (Å²) in [5, 5.41) is 0. The molecule has 0 saturated heterocycles. The molecule has 0 fully saturated rings. The molecule has 1 heterocycles. The second-order valence-electron chi connectivity index (χ2n) is 4.34. The van der Waals surface area contributed by atoms with Crippen LogP contribution in [0.3, 0.4) is 0 Å². The smallest absolute Gasteiger partial charge is 0.416 e. The van der Waals surface area contributed by atoms with E-state index in [1.165, 1.54) is 30.0 Å². The number of nitrogens with zero attached hydrogens (tertiary/aromatic N) is 2. The zero-order valence-corrected chi connectivity index (χ0v) is 11.2. The number of hydrogen-bond acceptors (Lipinski definition) is 4. The normalized spacial score (nSPS) is 11.5. The van der Waals surface area contributed by atoms with Crippen LogP contribution >= 0.6 is 0 Å². The van der Waals surface area contributed by atoms with Crippen LogP contribution in [0, 0.1) is 6.92 Å². The number of anilines is 1. The lowest BCUT2D eigenvalue weighted by Crippen LogP contribution is -2.10. The van der Waals surface area contributed by atoms with Gasteiger partial charge in [-0.25, -0.2) is 9.78 Å². The van der Waals surface area contributed by atoms with Gasteiger partial charge in [0.05, 0.1) is 12.7 Å². The van der Waals surface area contributed by atoms with Crippen molar-refractivity contribution in [2.45, 2.75) is 13.1 Å². The summed E-state index contributed by atoms with van der Waals surface area (Å²) in [5.74, 6) is -0.840. The van der Waals surface area contributed by atoms with E-state index in [0.29, 0.717) is 0 Å². The van der Waals surface area contributed by atoms with E-state index in [9.17, 15) is 18.0 Å². The van der Waals surface area contributed by atoms with E-state index < -0.39 is 17.7 Å². The van der Waals surface area contributed by atoms with Gasteiger partial charge in [-0.2, -0.15) is 13.2 Å². The van der Waals surface area contributed by atoms with Gasteiger partial charge in [-0.05, 0) is 24.6 Å². The Bertz CT molecular complexity index is 692. The highest BCUT2D eigenvalue weighted by molar-refractivity contribution is 5.92. The van der Waals surface area contributed by atoms with Gasteiger partial charge in [0.2, 0.25) is 0 Å². The molecule has 21 heavy (non-hydrogen) atoms. The van der Waals surface area contributed by atoms with Crippen LogP contribution in [-0.4, -0.2) is 22.6 Å². The van der Waals surface area contributed by atoms with Gasteiger partial charge >= 0.3 is 12.1 Å². The molecule has 0 unspecified atom stereocenters. The summed E-state index contributed by atoms with van der Waals surface area (Å²) in [6, 6.07) is 3.74. The molecule has 0 radical (unpaired) electrons. The van der Waals surface area contributed by atoms with E-state index in [0.717, 1.165) is 13.2 Å². The molecule has 2 aromatic rings. The molecule has 1 aromatic heterocycles. The molecule has 0 bridgehead atoms. The van der Waals surface area contributed by atoms with Gasteiger partial charge in [-0.3, -0.25) is 4.57 Å². The largest absolute Gasteiger partial charge is 0.464 e. The quantitative estimate of drug-likeness (QED) is 0.865. The average molecular weight is 299 g/mol. The molecule has 0 atom stereocenters. The second kappa shape index (κ2) is 5.12. The lowest BCUT2D eigenvalue weighted by Gasteiger charge is -2.13. The Labute approximate surface area is 118 Å². The molecule has 1 aromatic carbocycles. The Morgan fingerprint density at radius 2 is 2.05 bits per heavy atom. The summed E-state index contributed by atoms with van der Waals surface area (Å²) in [5.41, 5.74) is 5.07. The fourth-order valence-electron chi connectivity index (χ4n) is 1.88. The molecule has 0 aliphatic carbocycles. The van der Waals surface area contributed by atoms with Crippen molar-refractivity contribution in [2.24, 2.45) is 0 Å². The van der Waals surface area contributed by atoms with Crippen molar-refractivity contribution in [1.29, 1.82) is 0 Å². The van der Waals surface area contributed by atoms with Gasteiger partial charge in [0.25, 0.3) is 0 Å². The van der Waals surface area contributed by atoms with Crippen molar-refractivity contribution in [1.82, 2.24) is 9.55 Å². The van der Waals surface area contributed by atoms with Gasteiger partial charge in [0.15, 0.2) is 5.69 Å². The molecule has 0 spiro atoms. The van der Waals surface area contributed by atoms with E-state index in [4.69, 9.17) is 5.73 Å². The monoisotopic (exact) mass is 299 g/mol. The molecule has 5 nitrogen and oxygen atoms in total. The number of ether oxygens (including phenoxy) is 1. The van der Waals surface area contributed by atoms with Crippen LogP contribution in [0.15, 0.2) is 24.5 Å². The Kier molecular flexibility index (Phi) is 3.63. The predicted molar refractivity (Wildman–Crippen MR) is 69.1 cm³/mol.